The zero-order valence-electron chi connectivity index (χ0n) is 12.1. The van der Waals surface area contributed by atoms with Gasteiger partial charge in [-0.1, -0.05) is 19.1 Å². The van der Waals surface area contributed by atoms with Crippen LogP contribution in [0.1, 0.15) is 19.4 Å². The fourth-order valence-electron chi connectivity index (χ4n) is 1.71. The molecule has 0 aliphatic rings. The van der Waals surface area contributed by atoms with Crippen LogP contribution in [0.2, 0.25) is 0 Å². The standard InChI is InChI=1S/C15H25NO3/c1-4-16-11-14-6-5-7-15(10-14)19-9-8-18-13(2)12-17-3/h5-7,10,13,16H,4,8-9,11-12H2,1-3H3. The Morgan fingerprint density at radius 2 is 2.11 bits per heavy atom. The molecule has 0 saturated heterocycles. The van der Waals surface area contributed by atoms with Crippen LogP contribution in [-0.4, -0.2) is 39.6 Å². The van der Waals surface area contributed by atoms with Gasteiger partial charge in [0.1, 0.15) is 12.4 Å². The van der Waals surface area contributed by atoms with E-state index in [0.717, 1.165) is 18.8 Å². The zero-order chi connectivity index (χ0) is 13.9. The van der Waals surface area contributed by atoms with Gasteiger partial charge >= 0.3 is 0 Å². The first kappa shape index (κ1) is 16.0. The van der Waals surface area contributed by atoms with E-state index in [1.54, 1.807) is 7.11 Å². The van der Waals surface area contributed by atoms with Gasteiger partial charge in [-0.25, -0.2) is 0 Å². The minimum Gasteiger partial charge on any atom is -0.491 e. The number of nitrogens with one attached hydrogen (secondary N) is 1. The molecule has 0 aliphatic carbocycles. The van der Waals surface area contributed by atoms with Crippen LogP contribution in [0.5, 0.6) is 5.75 Å². The quantitative estimate of drug-likeness (QED) is 0.660. The van der Waals surface area contributed by atoms with Gasteiger partial charge in [0, 0.05) is 13.7 Å². The molecule has 0 aliphatic heterocycles. The average molecular weight is 267 g/mol. The highest BCUT2D eigenvalue weighted by Gasteiger charge is 2.01. The smallest absolute Gasteiger partial charge is 0.119 e. The minimum atomic E-state index is 0.105. The van der Waals surface area contributed by atoms with Crippen LogP contribution in [0.25, 0.3) is 0 Å². The number of ether oxygens (including phenoxy) is 3. The average Bonchev–Trinajstić information content (AvgIpc) is 2.42. The SMILES string of the molecule is CCNCc1cccc(OCCOC(C)COC)c1. The highest BCUT2D eigenvalue weighted by atomic mass is 16.5. The van der Waals surface area contributed by atoms with E-state index in [9.17, 15) is 0 Å². The normalized spacial score (nSPS) is 12.4. The van der Waals surface area contributed by atoms with Gasteiger partial charge < -0.3 is 19.5 Å². The van der Waals surface area contributed by atoms with Gasteiger partial charge in [-0.2, -0.15) is 0 Å². The van der Waals surface area contributed by atoms with Crippen molar-refractivity contribution in [1.29, 1.82) is 0 Å². The first-order valence-corrected chi connectivity index (χ1v) is 6.79. The topological polar surface area (TPSA) is 39.7 Å². The molecule has 0 spiro atoms. The molecule has 1 aromatic carbocycles. The summed E-state index contributed by atoms with van der Waals surface area (Å²) in [6.45, 7) is 7.66. The second kappa shape index (κ2) is 9.78. The van der Waals surface area contributed by atoms with E-state index in [1.165, 1.54) is 5.56 Å². The van der Waals surface area contributed by atoms with Crippen molar-refractivity contribution in [3.05, 3.63) is 29.8 Å². The van der Waals surface area contributed by atoms with Crippen molar-refractivity contribution in [1.82, 2.24) is 5.32 Å². The summed E-state index contributed by atoms with van der Waals surface area (Å²) in [5, 5.41) is 3.29. The molecule has 0 amide bonds. The maximum atomic E-state index is 5.66. The number of rotatable bonds is 10. The second-order valence-corrected chi connectivity index (χ2v) is 4.41. The molecule has 1 rings (SSSR count). The van der Waals surface area contributed by atoms with E-state index >= 15 is 0 Å². The molecule has 0 heterocycles. The molecule has 0 saturated carbocycles. The third-order valence-electron chi connectivity index (χ3n) is 2.63. The maximum Gasteiger partial charge on any atom is 0.119 e. The molecule has 1 unspecified atom stereocenters. The molecule has 1 aromatic rings. The molecular weight excluding hydrogens is 242 g/mol. The molecule has 19 heavy (non-hydrogen) atoms. The van der Waals surface area contributed by atoms with Gasteiger partial charge in [0.15, 0.2) is 0 Å². The van der Waals surface area contributed by atoms with Crippen LogP contribution in [0.4, 0.5) is 0 Å². The Bertz CT molecular complexity index is 344. The van der Waals surface area contributed by atoms with E-state index < -0.39 is 0 Å². The highest BCUT2D eigenvalue weighted by Crippen LogP contribution is 2.13. The van der Waals surface area contributed by atoms with Crippen molar-refractivity contribution in [2.24, 2.45) is 0 Å². The third kappa shape index (κ3) is 7.15. The van der Waals surface area contributed by atoms with Crippen LogP contribution in [0, 0.1) is 0 Å². The van der Waals surface area contributed by atoms with Gasteiger partial charge in [0.25, 0.3) is 0 Å². The number of methoxy groups -OCH3 is 1. The van der Waals surface area contributed by atoms with Gasteiger partial charge in [-0.3, -0.25) is 0 Å². The highest BCUT2D eigenvalue weighted by molar-refractivity contribution is 5.28. The van der Waals surface area contributed by atoms with E-state index in [2.05, 4.69) is 24.4 Å². The van der Waals surface area contributed by atoms with Crippen molar-refractivity contribution in [3.8, 4) is 5.75 Å². The molecule has 4 heteroatoms. The Morgan fingerprint density at radius 3 is 2.84 bits per heavy atom. The lowest BCUT2D eigenvalue weighted by molar-refractivity contribution is -0.00215. The van der Waals surface area contributed by atoms with Crippen LogP contribution in [0.3, 0.4) is 0 Å². The predicted octanol–water partition coefficient (Wildman–Crippen LogP) is 2.23. The summed E-state index contributed by atoms with van der Waals surface area (Å²) in [6, 6.07) is 8.12. The number of hydrogen-bond donors (Lipinski definition) is 1. The van der Waals surface area contributed by atoms with Crippen LogP contribution in [-0.2, 0) is 16.0 Å². The van der Waals surface area contributed by atoms with Crippen molar-refractivity contribution in [2.75, 3.05) is 33.5 Å². The summed E-state index contributed by atoms with van der Waals surface area (Å²) >= 11 is 0. The Labute approximate surface area is 116 Å². The molecule has 0 bridgehead atoms. The van der Waals surface area contributed by atoms with Gasteiger partial charge in [0.05, 0.1) is 19.3 Å². The number of hydrogen-bond acceptors (Lipinski definition) is 4. The predicted molar refractivity (Wildman–Crippen MR) is 76.6 cm³/mol. The van der Waals surface area contributed by atoms with Gasteiger partial charge in [-0.15, -0.1) is 0 Å². The zero-order valence-corrected chi connectivity index (χ0v) is 12.1. The molecular formula is C15H25NO3. The van der Waals surface area contributed by atoms with E-state index in [-0.39, 0.29) is 6.10 Å². The maximum absolute atomic E-state index is 5.66. The van der Waals surface area contributed by atoms with Crippen molar-refractivity contribution >= 4 is 0 Å². The summed E-state index contributed by atoms with van der Waals surface area (Å²) in [6.07, 6.45) is 0.105. The molecule has 1 N–H and O–H groups in total. The lowest BCUT2D eigenvalue weighted by Crippen LogP contribution is -2.18. The Balaban J connectivity index is 2.25. The van der Waals surface area contributed by atoms with Crippen LogP contribution >= 0.6 is 0 Å². The lowest BCUT2D eigenvalue weighted by Gasteiger charge is -2.13. The summed E-state index contributed by atoms with van der Waals surface area (Å²) in [5.41, 5.74) is 1.23. The van der Waals surface area contributed by atoms with Crippen molar-refractivity contribution in [3.63, 3.8) is 0 Å². The summed E-state index contributed by atoms with van der Waals surface area (Å²) in [7, 11) is 1.67. The van der Waals surface area contributed by atoms with E-state index in [4.69, 9.17) is 14.2 Å². The summed E-state index contributed by atoms with van der Waals surface area (Å²) in [4.78, 5) is 0. The van der Waals surface area contributed by atoms with Crippen molar-refractivity contribution in [2.45, 2.75) is 26.5 Å². The number of benzene rings is 1. The minimum absolute atomic E-state index is 0.105. The molecule has 1 atom stereocenters. The molecule has 0 fully saturated rings. The lowest BCUT2D eigenvalue weighted by atomic mass is 10.2. The van der Waals surface area contributed by atoms with Crippen molar-refractivity contribution < 1.29 is 14.2 Å². The van der Waals surface area contributed by atoms with Crippen LogP contribution < -0.4 is 10.1 Å². The van der Waals surface area contributed by atoms with Crippen LogP contribution in [0.15, 0.2) is 24.3 Å². The fraction of sp³-hybridized carbons (Fsp3) is 0.600. The first-order valence-electron chi connectivity index (χ1n) is 6.79. The molecule has 108 valence electrons. The molecule has 0 radical (unpaired) electrons. The Kier molecular flexibility index (Phi) is 8.21. The fourth-order valence-corrected chi connectivity index (χ4v) is 1.71. The largest absolute Gasteiger partial charge is 0.491 e. The third-order valence-corrected chi connectivity index (χ3v) is 2.63. The molecule has 0 aromatic heterocycles. The monoisotopic (exact) mass is 267 g/mol. The van der Waals surface area contributed by atoms with Gasteiger partial charge in [0.2, 0.25) is 0 Å². The first-order chi connectivity index (χ1) is 9.26. The molecule has 4 nitrogen and oxygen atoms in total. The summed E-state index contributed by atoms with van der Waals surface area (Å²) in [5.74, 6) is 0.887. The van der Waals surface area contributed by atoms with E-state index in [1.807, 2.05) is 19.1 Å². The second-order valence-electron chi connectivity index (χ2n) is 4.41. The Hall–Kier alpha value is -1.10. The van der Waals surface area contributed by atoms with Gasteiger partial charge in [-0.05, 0) is 31.2 Å². The summed E-state index contributed by atoms with van der Waals surface area (Å²) < 4.78 is 16.2. The van der Waals surface area contributed by atoms with E-state index in [0.29, 0.717) is 19.8 Å². The Morgan fingerprint density at radius 1 is 1.26 bits per heavy atom.